The van der Waals surface area contributed by atoms with Crippen LogP contribution in [0.5, 0.6) is 5.75 Å². The lowest BCUT2D eigenvalue weighted by Crippen LogP contribution is -2.30. The van der Waals surface area contributed by atoms with E-state index in [2.05, 4.69) is 84.4 Å². The predicted octanol–water partition coefficient (Wildman–Crippen LogP) is 5.00. The van der Waals surface area contributed by atoms with Crippen LogP contribution in [0, 0.1) is 0 Å². The van der Waals surface area contributed by atoms with Crippen molar-refractivity contribution in [1.82, 2.24) is 0 Å². The lowest BCUT2D eigenvalue weighted by atomic mass is 10.0. The molecule has 0 amide bonds. The van der Waals surface area contributed by atoms with Gasteiger partial charge in [0.25, 0.3) is 0 Å². The average Bonchev–Trinajstić information content (AvgIpc) is 2.68. The zero-order valence-electron chi connectivity index (χ0n) is 14.4. The minimum absolute atomic E-state index is 0.875. The van der Waals surface area contributed by atoms with Gasteiger partial charge >= 0.3 is 0 Å². The maximum Gasteiger partial charge on any atom is 0.213 e. The van der Waals surface area contributed by atoms with Gasteiger partial charge < -0.3 is 4.74 Å². The fourth-order valence-electron chi connectivity index (χ4n) is 3.34. The van der Waals surface area contributed by atoms with Crippen LogP contribution in [0.1, 0.15) is 11.1 Å². The lowest BCUT2D eigenvalue weighted by Gasteiger charge is -2.07. The van der Waals surface area contributed by atoms with Crippen LogP contribution in [-0.4, -0.2) is 7.11 Å². The Morgan fingerprint density at radius 3 is 1.84 bits per heavy atom. The Morgan fingerprint density at radius 2 is 1.28 bits per heavy atom. The van der Waals surface area contributed by atoms with Gasteiger partial charge in [0.1, 0.15) is 12.8 Å². The molecule has 0 atom stereocenters. The van der Waals surface area contributed by atoms with Crippen molar-refractivity contribution in [3.8, 4) is 5.75 Å². The van der Waals surface area contributed by atoms with Crippen molar-refractivity contribution in [3.05, 3.63) is 83.9 Å². The van der Waals surface area contributed by atoms with Gasteiger partial charge in [-0.2, -0.15) is 4.57 Å². The number of nitrogens with zero attached hydrogens (tertiary/aromatic N) is 1. The normalized spacial score (nSPS) is 11.4. The van der Waals surface area contributed by atoms with Crippen LogP contribution in [0.15, 0.2) is 72.8 Å². The van der Waals surface area contributed by atoms with Crippen molar-refractivity contribution in [1.29, 1.82) is 0 Å². The van der Waals surface area contributed by atoms with Crippen molar-refractivity contribution in [2.45, 2.75) is 0 Å². The van der Waals surface area contributed by atoms with Crippen LogP contribution < -0.4 is 9.30 Å². The second kappa shape index (κ2) is 6.40. The van der Waals surface area contributed by atoms with Gasteiger partial charge in [-0.25, -0.2) is 0 Å². The van der Waals surface area contributed by atoms with Crippen LogP contribution in [-0.2, 0) is 7.05 Å². The molecular formula is C23H20NO+. The summed E-state index contributed by atoms with van der Waals surface area (Å²) in [5, 5.41) is 2.52. The molecule has 0 spiro atoms. The second-order valence-corrected chi connectivity index (χ2v) is 6.11. The van der Waals surface area contributed by atoms with E-state index in [-0.39, 0.29) is 0 Å². The van der Waals surface area contributed by atoms with E-state index >= 15 is 0 Å². The number of pyridine rings is 1. The number of rotatable bonds is 3. The van der Waals surface area contributed by atoms with Crippen molar-refractivity contribution >= 4 is 34.0 Å². The quantitative estimate of drug-likeness (QED) is 0.381. The SMILES string of the molecule is COc1ccc(/C=C\c2c3ccccc3[n+](C)c3ccccc23)cc1. The second-order valence-electron chi connectivity index (χ2n) is 6.11. The molecule has 0 aliphatic carbocycles. The zero-order valence-corrected chi connectivity index (χ0v) is 14.4. The number of hydrogen-bond acceptors (Lipinski definition) is 1. The van der Waals surface area contributed by atoms with Crippen molar-refractivity contribution in [3.63, 3.8) is 0 Å². The minimum atomic E-state index is 0.875. The lowest BCUT2D eigenvalue weighted by molar-refractivity contribution is -0.617. The van der Waals surface area contributed by atoms with E-state index < -0.39 is 0 Å². The van der Waals surface area contributed by atoms with E-state index in [9.17, 15) is 0 Å². The van der Waals surface area contributed by atoms with Gasteiger partial charge in [0.05, 0.1) is 17.9 Å². The van der Waals surface area contributed by atoms with Crippen LogP contribution in [0.3, 0.4) is 0 Å². The molecule has 1 aromatic heterocycles. The number of methoxy groups -OCH3 is 1. The number of fused-ring (bicyclic) bond motifs is 2. The molecule has 4 aromatic rings. The summed E-state index contributed by atoms with van der Waals surface area (Å²) >= 11 is 0. The monoisotopic (exact) mass is 326 g/mol. The first-order chi connectivity index (χ1) is 12.3. The summed E-state index contributed by atoms with van der Waals surface area (Å²) in [4.78, 5) is 0. The van der Waals surface area contributed by atoms with Crippen LogP contribution in [0.2, 0.25) is 0 Å². The summed E-state index contributed by atoms with van der Waals surface area (Å²) in [6.45, 7) is 0. The topological polar surface area (TPSA) is 13.1 Å². The largest absolute Gasteiger partial charge is 0.497 e. The first-order valence-corrected chi connectivity index (χ1v) is 8.39. The Balaban J connectivity index is 1.92. The maximum absolute atomic E-state index is 5.23. The highest BCUT2D eigenvalue weighted by Gasteiger charge is 2.15. The standard InChI is InChI=1S/C23H20NO/c1-24-22-9-5-3-7-20(22)19(21-8-4-6-10-23(21)24)16-13-17-11-14-18(25-2)15-12-17/h3-16H,1-2H3/q+1/b16-13-. The fraction of sp³-hybridized carbons (Fsp3) is 0.0870. The highest BCUT2D eigenvalue weighted by atomic mass is 16.5. The molecule has 0 bridgehead atoms. The van der Waals surface area contributed by atoms with Gasteiger partial charge in [0, 0.05) is 17.7 Å². The molecule has 4 rings (SSSR count). The Morgan fingerprint density at radius 1 is 0.720 bits per heavy atom. The minimum Gasteiger partial charge on any atom is -0.497 e. The van der Waals surface area contributed by atoms with Gasteiger partial charge in [0.2, 0.25) is 11.0 Å². The third-order valence-corrected chi connectivity index (χ3v) is 4.67. The molecular weight excluding hydrogens is 306 g/mol. The van der Waals surface area contributed by atoms with E-state index in [1.165, 1.54) is 27.4 Å². The Hall–Kier alpha value is -3.13. The molecule has 2 heteroatoms. The fourth-order valence-corrected chi connectivity index (χ4v) is 3.34. The molecule has 0 unspecified atom stereocenters. The van der Waals surface area contributed by atoms with Gasteiger partial charge in [0.15, 0.2) is 0 Å². The van der Waals surface area contributed by atoms with Gasteiger partial charge in [-0.05, 0) is 29.8 Å². The molecule has 0 saturated carbocycles. The van der Waals surface area contributed by atoms with Gasteiger partial charge in [-0.3, -0.25) is 0 Å². The summed E-state index contributed by atoms with van der Waals surface area (Å²) in [7, 11) is 3.81. The van der Waals surface area contributed by atoms with E-state index in [1.54, 1.807) is 7.11 Å². The van der Waals surface area contributed by atoms with Crippen molar-refractivity contribution in [2.75, 3.05) is 7.11 Å². The summed E-state index contributed by atoms with van der Waals surface area (Å²) in [6.07, 6.45) is 4.38. The molecule has 2 nitrogen and oxygen atoms in total. The molecule has 1 heterocycles. The maximum atomic E-state index is 5.23. The smallest absolute Gasteiger partial charge is 0.213 e. The molecule has 0 aliphatic rings. The number of para-hydroxylation sites is 2. The number of hydrogen-bond donors (Lipinski definition) is 0. The van der Waals surface area contributed by atoms with Crippen molar-refractivity contribution in [2.24, 2.45) is 7.05 Å². The number of benzene rings is 3. The molecule has 0 radical (unpaired) electrons. The number of aryl methyl sites for hydroxylation is 1. The van der Waals surface area contributed by atoms with Crippen molar-refractivity contribution < 1.29 is 9.30 Å². The Labute approximate surface area is 147 Å². The summed E-state index contributed by atoms with van der Waals surface area (Å²) in [5.41, 5.74) is 4.87. The highest BCUT2D eigenvalue weighted by Crippen LogP contribution is 2.26. The van der Waals surface area contributed by atoms with E-state index in [0.29, 0.717) is 0 Å². The molecule has 0 saturated heterocycles. The first kappa shape index (κ1) is 15.4. The van der Waals surface area contributed by atoms with Gasteiger partial charge in [-0.1, -0.05) is 48.6 Å². The zero-order chi connectivity index (χ0) is 17.2. The average molecular weight is 326 g/mol. The number of aromatic nitrogens is 1. The van der Waals surface area contributed by atoms with E-state index in [1.807, 2.05) is 12.1 Å². The third-order valence-electron chi connectivity index (χ3n) is 4.67. The molecule has 0 N–H and O–H groups in total. The summed E-state index contributed by atoms with van der Waals surface area (Å²) in [6, 6.07) is 25.2. The van der Waals surface area contributed by atoms with E-state index in [4.69, 9.17) is 4.74 Å². The molecule has 122 valence electrons. The summed E-state index contributed by atoms with van der Waals surface area (Å²) < 4.78 is 7.49. The first-order valence-electron chi connectivity index (χ1n) is 8.39. The van der Waals surface area contributed by atoms with Crippen LogP contribution in [0.25, 0.3) is 34.0 Å². The Kier molecular flexibility index (Phi) is 3.95. The summed E-state index contributed by atoms with van der Waals surface area (Å²) in [5.74, 6) is 0.875. The van der Waals surface area contributed by atoms with Crippen LogP contribution in [0.4, 0.5) is 0 Å². The number of ether oxygens (including phenoxy) is 1. The predicted molar refractivity (Wildman–Crippen MR) is 105 cm³/mol. The molecule has 0 aliphatic heterocycles. The van der Waals surface area contributed by atoms with Crippen LogP contribution >= 0.6 is 0 Å². The highest BCUT2D eigenvalue weighted by molar-refractivity contribution is 6.01. The third kappa shape index (κ3) is 2.76. The van der Waals surface area contributed by atoms with E-state index in [0.717, 1.165) is 11.3 Å². The van der Waals surface area contributed by atoms with Gasteiger partial charge in [-0.15, -0.1) is 0 Å². The Bertz CT molecular complexity index is 1020. The molecule has 25 heavy (non-hydrogen) atoms. The molecule has 3 aromatic carbocycles. The molecule has 0 fully saturated rings.